The van der Waals surface area contributed by atoms with Gasteiger partial charge in [-0.15, -0.1) is 0 Å². The van der Waals surface area contributed by atoms with Crippen LogP contribution >= 0.6 is 0 Å². The summed E-state index contributed by atoms with van der Waals surface area (Å²) in [6.45, 7) is 2.97. The molecule has 1 rings (SSSR count). The zero-order valence-electron chi connectivity index (χ0n) is 11.0. The lowest BCUT2D eigenvalue weighted by molar-refractivity contribution is -0.146. The fourth-order valence-corrected chi connectivity index (χ4v) is 1.57. The molecule has 0 aromatic heterocycles. The molecule has 0 N–H and O–H groups in total. The average Bonchev–Trinajstić information content (AvgIpc) is 2.36. The Hall–Kier alpha value is -1.36. The monoisotopic (exact) mass is 274 g/mol. The van der Waals surface area contributed by atoms with E-state index in [1.54, 1.807) is 12.1 Å². The number of hydrogen-bond donors (Lipinski definition) is 0. The molecule has 1 aromatic carbocycles. The number of aryl methyl sites for hydroxylation is 1. The highest BCUT2D eigenvalue weighted by Crippen LogP contribution is 2.19. The van der Waals surface area contributed by atoms with Crippen molar-refractivity contribution in [2.45, 2.75) is 39.0 Å². The number of halogens is 3. The van der Waals surface area contributed by atoms with E-state index in [1.165, 1.54) is 6.92 Å². The maximum absolute atomic E-state index is 11.9. The first-order valence-electron chi connectivity index (χ1n) is 6.15. The van der Waals surface area contributed by atoms with Gasteiger partial charge in [0.1, 0.15) is 6.10 Å². The Morgan fingerprint density at radius 3 is 2.32 bits per heavy atom. The lowest BCUT2D eigenvalue weighted by Gasteiger charge is -2.13. The molecule has 0 spiro atoms. The van der Waals surface area contributed by atoms with E-state index in [-0.39, 0.29) is 5.78 Å². The van der Waals surface area contributed by atoms with E-state index in [0.717, 1.165) is 12.0 Å². The molecule has 19 heavy (non-hydrogen) atoms. The number of benzene rings is 1. The van der Waals surface area contributed by atoms with Crippen molar-refractivity contribution in [3.63, 3.8) is 0 Å². The van der Waals surface area contributed by atoms with Gasteiger partial charge in [-0.25, -0.2) is 0 Å². The second kappa shape index (κ2) is 6.70. The van der Waals surface area contributed by atoms with Gasteiger partial charge in [0.25, 0.3) is 0 Å². The molecule has 0 bridgehead atoms. The van der Waals surface area contributed by atoms with Crippen LogP contribution in [0, 0.1) is 0 Å². The van der Waals surface area contributed by atoms with Crippen LogP contribution < -0.4 is 0 Å². The van der Waals surface area contributed by atoms with E-state index in [9.17, 15) is 18.0 Å². The Bertz CT molecular complexity index is 410. The summed E-state index contributed by atoms with van der Waals surface area (Å²) in [4.78, 5) is 11.9. The van der Waals surface area contributed by atoms with Gasteiger partial charge in [0.2, 0.25) is 0 Å². The number of rotatable bonds is 6. The number of ketones is 1. The Balaban J connectivity index is 2.51. The van der Waals surface area contributed by atoms with Crippen molar-refractivity contribution in [3.05, 3.63) is 35.4 Å². The summed E-state index contributed by atoms with van der Waals surface area (Å²) in [6, 6.07) is 7.00. The number of carbonyl (C=O) groups excluding carboxylic acids is 1. The van der Waals surface area contributed by atoms with Crippen molar-refractivity contribution in [1.82, 2.24) is 0 Å². The Morgan fingerprint density at radius 1 is 1.26 bits per heavy atom. The lowest BCUT2D eigenvalue weighted by Crippen LogP contribution is -2.23. The van der Waals surface area contributed by atoms with E-state index in [2.05, 4.69) is 0 Å². The van der Waals surface area contributed by atoms with Crippen LogP contribution in [0.15, 0.2) is 24.3 Å². The van der Waals surface area contributed by atoms with Crippen molar-refractivity contribution in [3.8, 4) is 0 Å². The first-order valence-corrected chi connectivity index (χ1v) is 6.15. The second-order valence-electron chi connectivity index (χ2n) is 4.29. The smallest absolute Gasteiger partial charge is 0.370 e. The summed E-state index contributed by atoms with van der Waals surface area (Å²) in [5.41, 5.74) is 1.55. The molecule has 0 amide bonds. The van der Waals surface area contributed by atoms with Crippen molar-refractivity contribution in [1.29, 1.82) is 0 Å². The van der Waals surface area contributed by atoms with Gasteiger partial charge < -0.3 is 4.74 Å². The molecule has 0 saturated carbocycles. The van der Waals surface area contributed by atoms with Gasteiger partial charge in [-0.3, -0.25) is 4.79 Å². The third kappa shape index (κ3) is 5.42. The molecule has 2 nitrogen and oxygen atoms in total. The van der Waals surface area contributed by atoms with Crippen LogP contribution in [0.3, 0.4) is 0 Å². The predicted molar refractivity (Wildman–Crippen MR) is 66.2 cm³/mol. The molecule has 1 atom stereocenters. The molecule has 5 heteroatoms. The van der Waals surface area contributed by atoms with Crippen molar-refractivity contribution in [2.24, 2.45) is 0 Å². The minimum Gasteiger partial charge on any atom is -0.370 e. The van der Waals surface area contributed by atoms with Crippen LogP contribution in [-0.4, -0.2) is 24.7 Å². The molecule has 0 aliphatic carbocycles. The summed E-state index contributed by atoms with van der Waals surface area (Å²) in [5, 5.41) is 0. The third-order valence-electron chi connectivity index (χ3n) is 2.77. The van der Waals surface area contributed by atoms with Crippen LogP contribution in [0.25, 0.3) is 0 Å². The van der Waals surface area contributed by atoms with Crippen molar-refractivity contribution >= 4 is 5.78 Å². The first-order chi connectivity index (χ1) is 8.83. The number of alkyl halides is 3. The van der Waals surface area contributed by atoms with E-state index in [4.69, 9.17) is 4.74 Å². The molecule has 0 fully saturated rings. The van der Waals surface area contributed by atoms with Crippen LogP contribution in [0.2, 0.25) is 0 Å². The molecule has 0 aliphatic rings. The van der Waals surface area contributed by atoms with Crippen LogP contribution in [0.5, 0.6) is 0 Å². The third-order valence-corrected chi connectivity index (χ3v) is 2.77. The number of Topliss-reactive ketones (excluding diaryl/α,β-unsaturated/α-hetero) is 1. The molecule has 0 heterocycles. The van der Waals surface area contributed by atoms with Gasteiger partial charge in [0.05, 0.1) is 13.0 Å². The molecule has 0 aliphatic heterocycles. The minimum absolute atomic E-state index is 0.301. The molecular weight excluding hydrogens is 257 g/mol. The molecule has 0 saturated heterocycles. The first kappa shape index (κ1) is 15.7. The van der Waals surface area contributed by atoms with E-state index in [1.807, 2.05) is 19.1 Å². The highest BCUT2D eigenvalue weighted by molar-refractivity contribution is 5.99. The predicted octanol–water partition coefficient (Wildman–Crippen LogP) is 3.79. The van der Waals surface area contributed by atoms with Gasteiger partial charge in [-0.05, 0) is 18.9 Å². The van der Waals surface area contributed by atoms with Gasteiger partial charge in [0, 0.05) is 5.56 Å². The van der Waals surface area contributed by atoms with Gasteiger partial charge in [-0.1, -0.05) is 31.2 Å². The summed E-state index contributed by atoms with van der Waals surface area (Å²) in [7, 11) is 0. The maximum atomic E-state index is 11.9. The largest absolute Gasteiger partial charge is 0.391 e. The lowest BCUT2D eigenvalue weighted by atomic mass is 10.0. The fraction of sp³-hybridized carbons (Fsp3) is 0.500. The van der Waals surface area contributed by atoms with Crippen molar-refractivity contribution in [2.75, 3.05) is 6.61 Å². The second-order valence-corrected chi connectivity index (χ2v) is 4.29. The molecule has 1 unspecified atom stereocenters. The number of hydrogen-bond acceptors (Lipinski definition) is 2. The van der Waals surface area contributed by atoms with Gasteiger partial charge in [-0.2, -0.15) is 13.2 Å². The normalized spacial score (nSPS) is 13.3. The van der Waals surface area contributed by atoms with Crippen LogP contribution in [0.1, 0.15) is 36.2 Å². The number of ether oxygens (including phenoxy) is 1. The van der Waals surface area contributed by atoms with E-state index in [0.29, 0.717) is 5.56 Å². The molecule has 106 valence electrons. The zero-order valence-corrected chi connectivity index (χ0v) is 11.0. The highest BCUT2D eigenvalue weighted by Gasteiger charge is 2.27. The van der Waals surface area contributed by atoms with Crippen LogP contribution in [0.4, 0.5) is 13.2 Å². The molecule has 0 radical (unpaired) electrons. The summed E-state index contributed by atoms with van der Waals surface area (Å²) in [5.74, 6) is -0.301. The van der Waals surface area contributed by atoms with Gasteiger partial charge in [0.15, 0.2) is 5.78 Å². The van der Waals surface area contributed by atoms with Gasteiger partial charge >= 0.3 is 6.18 Å². The topological polar surface area (TPSA) is 26.3 Å². The maximum Gasteiger partial charge on any atom is 0.391 e. The van der Waals surface area contributed by atoms with E-state index < -0.39 is 25.3 Å². The standard InChI is InChI=1S/C14H17F3O2/c1-3-11-4-6-12(7-5-11)13(18)10(2)19-9-8-14(15,16)17/h4-7,10H,3,8-9H2,1-2H3. The minimum atomic E-state index is -4.26. The molecular formula is C14H17F3O2. The quantitative estimate of drug-likeness (QED) is 0.738. The SMILES string of the molecule is CCc1ccc(C(=O)C(C)OCCC(F)(F)F)cc1. The Kier molecular flexibility index (Phi) is 5.54. The molecule has 1 aromatic rings. The van der Waals surface area contributed by atoms with E-state index >= 15 is 0 Å². The van der Waals surface area contributed by atoms with Crippen molar-refractivity contribution < 1.29 is 22.7 Å². The summed E-state index contributed by atoms with van der Waals surface area (Å²) < 4.78 is 40.8. The zero-order chi connectivity index (χ0) is 14.5. The highest BCUT2D eigenvalue weighted by atomic mass is 19.4. The Morgan fingerprint density at radius 2 is 1.84 bits per heavy atom. The van der Waals surface area contributed by atoms with Crippen LogP contribution in [-0.2, 0) is 11.2 Å². The number of carbonyl (C=O) groups is 1. The summed E-state index contributed by atoms with van der Waals surface area (Å²) >= 11 is 0. The fourth-order valence-electron chi connectivity index (χ4n) is 1.57. The Labute approximate surface area is 110 Å². The average molecular weight is 274 g/mol. The summed E-state index contributed by atoms with van der Waals surface area (Å²) in [6.07, 6.45) is -5.30.